The first-order valence-corrected chi connectivity index (χ1v) is 6.61. The molecule has 0 saturated carbocycles. The molecule has 0 aliphatic carbocycles. The van der Waals surface area contributed by atoms with Gasteiger partial charge in [0.2, 0.25) is 5.91 Å². The van der Waals surface area contributed by atoms with Crippen molar-refractivity contribution in [1.82, 2.24) is 15.1 Å². The molecule has 1 aliphatic rings. The summed E-state index contributed by atoms with van der Waals surface area (Å²) in [6, 6.07) is 0.392. The molecule has 0 spiro atoms. The van der Waals surface area contributed by atoms with E-state index in [9.17, 15) is 4.79 Å². The third-order valence-corrected chi connectivity index (χ3v) is 3.99. The third-order valence-electron chi connectivity index (χ3n) is 3.99. The molecule has 1 amide bonds. The molecule has 0 aromatic rings. The van der Waals surface area contributed by atoms with Gasteiger partial charge in [0, 0.05) is 12.6 Å². The highest BCUT2D eigenvalue weighted by Crippen LogP contribution is 2.19. The molecule has 4 unspecified atom stereocenters. The van der Waals surface area contributed by atoms with Gasteiger partial charge in [0.15, 0.2) is 0 Å². The van der Waals surface area contributed by atoms with Gasteiger partial charge in [-0.25, -0.2) is 0 Å². The Bertz CT molecular complexity index is 267. The zero-order valence-electron chi connectivity index (χ0n) is 12.0. The Balaban J connectivity index is 2.65. The van der Waals surface area contributed by atoms with E-state index in [0.717, 1.165) is 13.0 Å². The van der Waals surface area contributed by atoms with Gasteiger partial charge in [-0.1, -0.05) is 20.3 Å². The van der Waals surface area contributed by atoms with Crippen molar-refractivity contribution in [2.24, 2.45) is 5.92 Å². The summed E-state index contributed by atoms with van der Waals surface area (Å²) in [5.74, 6) is 0.671. The predicted octanol–water partition coefficient (Wildman–Crippen LogP) is 1.13. The smallest absolute Gasteiger partial charge is 0.241 e. The number of hydrogen-bond acceptors (Lipinski definition) is 3. The van der Waals surface area contributed by atoms with Crippen LogP contribution in [-0.4, -0.2) is 54.6 Å². The minimum absolute atomic E-state index is 0.00404. The Morgan fingerprint density at radius 3 is 2.47 bits per heavy atom. The van der Waals surface area contributed by atoms with E-state index in [2.05, 4.69) is 52.0 Å². The number of carbonyl (C=O) groups is 1. The fourth-order valence-corrected chi connectivity index (χ4v) is 2.13. The Morgan fingerprint density at radius 2 is 2.00 bits per heavy atom. The molecule has 4 heteroatoms. The molecule has 17 heavy (non-hydrogen) atoms. The maximum Gasteiger partial charge on any atom is 0.241 e. The summed E-state index contributed by atoms with van der Waals surface area (Å²) in [4.78, 5) is 16.4. The van der Waals surface area contributed by atoms with E-state index in [0.29, 0.717) is 12.0 Å². The standard InChI is InChI=1S/C13H27N3O/c1-7-9(2)12-13(17)16(11(4)14-12)8-10(3)15(5)6/h9-12,14H,7-8H2,1-6H3. The SMILES string of the molecule is CCC(C)C1NC(C)N(CC(C)N(C)C)C1=O. The average molecular weight is 241 g/mol. The van der Waals surface area contributed by atoms with Crippen LogP contribution >= 0.6 is 0 Å². The van der Waals surface area contributed by atoms with E-state index in [-0.39, 0.29) is 18.1 Å². The second kappa shape index (κ2) is 5.83. The number of amides is 1. The molecule has 0 aromatic carbocycles. The molecule has 100 valence electrons. The number of rotatable bonds is 5. The van der Waals surface area contributed by atoms with E-state index >= 15 is 0 Å². The average Bonchev–Trinajstić information content (AvgIpc) is 2.55. The minimum Gasteiger partial charge on any atom is -0.325 e. The zero-order chi connectivity index (χ0) is 13.2. The van der Waals surface area contributed by atoms with Gasteiger partial charge < -0.3 is 9.80 Å². The van der Waals surface area contributed by atoms with Crippen LogP contribution in [0.3, 0.4) is 0 Å². The summed E-state index contributed by atoms with van der Waals surface area (Å²) < 4.78 is 0. The molecule has 4 nitrogen and oxygen atoms in total. The summed E-state index contributed by atoms with van der Waals surface area (Å²) in [6.07, 6.45) is 1.19. The number of carbonyl (C=O) groups excluding carboxylic acids is 1. The normalized spacial score (nSPS) is 28.9. The van der Waals surface area contributed by atoms with Crippen molar-refractivity contribution in [2.45, 2.75) is 52.4 Å². The highest BCUT2D eigenvalue weighted by molar-refractivity contribution is 5.84. The van der Waals surface area contributed by atoms with Crippen LogP contribution in [0.4, 0.5) is 0 Å². The second-order valence-corrected chi connectivity index (χ2v) is 5.51. The fraction of sp³-hybridized carbons (Fsp3) is 0.923. The van der Waals surface area contributed by atoms with Crippen molar-refractivity contribution in [3.8, 4) is 0 Å². The summed E-state index contributed by atoms with van der Waals surface area (Å²) in [7, 11) is 4.10. The van der Waals surface area contributed by atoms with Gasteiger partial charge in [0.05, 0.1) is 12.2 Å². The first-order chi connectivity index (χ1) is 7.88. The molecule has 1 rings (SSSR count). The lowest BCUT2D eigenvalue weighted by atomic mass is 9.99. The van der Waals surface area contributed by atoms with Crippen LogP contribution < -0.4 is 5.32 Å². The number of hydrogen-bond donors (Lipinski definition) is 1. The van der Waals surface area contributed by atoms with Gasteiger partial charge in [-0.3, -0.25) is 10.1 Å². The quantitative estimate of drug-likeness (QED) is 0.784. The number of nitrogens with zero attached hydrogens (tertiary/aromatic N) is 2. The molecule has 0 radical (unpaired) electrons. The Hall–Kier alpha value is -0.610. The van der Waals surface area contributed by atoms with Crippen molar-refractivity contribution in [3.63, 3.8) is 0 Å². The Morgan fingerprint density at radius 1 is 1.41 bits per heavy atom. The summed E-state index contributed by atoms with van der Waals surface area (Å²) >= 11 is 0. The lowest BCUT2D eigenvalue weighted by Crippen LogP contribution is -2.43. The van der Waals surface area contributed by atoms with E-state index in [1.807, 2.05) is 4.90 Å². The van der Waals surface area contributed by atoms with Crippen molar-refractivity contribution in [1.29, 1.82) is 0 Å². The lowest BCUT2D eigenvalue weighted by molar-refractivity contribution is -0.131. The molecule has 4 atom stereocenters. The predicted molar refractivity (Wildman–Crippen MR) is 70.7 cm³/mol. The molecule has 1 aliphatic heterocycles. The van der Waals surface area contributed by atoms with E-state index in [1.165, 1.54) is 0 Å². The van der Waals surface area contributed by atoms with Crippen molar-refractivity contribution >= 4 is 5.91 Å². The minimum atomic E-state index is 0.00404. The van der Waals surface area contributed by atoms with Gasteiger partial charge >= 0.3 is 0 Å². The van der Waals surface area contributed by atoms with Crippen LogP contribution in [0.5, 0.6) is 0 Å². The van der Waals surface area contributed by atoms with Gasteiger partial charge in [-0.2, -0.15) is 0 Å². The zero-order valence-corrected chi connectivity index (χ0v) is 12.0. The maximum atomic E-state index is 12.3. The third kappa shape index (κ3) is 3.19. The van der Waals surface area contributed by atoms with Crippen molar-refractivity contribution < 1.29 is 4.79 Å². The van der Waals surface area contributed by atoms with E-state index in [4.69, 9.17) is 0 Å². The number of likely N-dealkylation sites (N-methyl/N-ethyl adjacent to an activating group) is 1. The highest BCUT2D eigenvalue weighted by atomic mass is 16.2. The Kier molecular flexibility index (Phi) is 4.95. The van der Waals surface area contributed by atoms with Crippen molar-refractivity contribution in [2.75, 3.05) is 20.6 Å². The summed E-state index contributed by atoms with van der Waals surface area (Å²) in [5.41, 5.74) is 0. The monoisotopic (exact) mass is 241 g/mol. The van der Waals surface area contributed by atoms with Gasteiger partial charge in [-0.05, 0) is 33.9 Å². The summed E-state index contributed by atoms with van der Waals surface area (Å²) in [6.45, 7) is 9.29. The van der Waals surface area contributed by atoms with Gasteiger partial charge in [-0.15, -0.1) is 0 Å². The topological polar surface area (TPSA) is 35.6 Å². The molecular weight excluding hydrogens is 214 g/mol. The molecular formula is C13H27N3O. The fourth-order valence-electron chi connectivity index (χ4n) is 2.13. The van der Waals surface area contributed by atoms with Crippen LogP contribution in [0.2, 0.25) is 0 Å². The molecule has 1 saturated heterocycles. The van der Waals surface area contributed by atoms with Crippen LogP contribution in [0, 0.1) is 5.92 Å². The van der Waals surface area contributed by atoms with Crippen LogP contribution in [0.15, 0.2) is 0 Å². The van der Waals surface area contributed by atoms with E-state index < -0.39 is 0 Å². The molecule has 1 heterocycles. The molecule has 1 fully saturated rings. The molecule has 0 bridgehead atoms. The largest absolute Gasteiger partial charge is 0.325 e. The number of nitrogens with one attached hydrogen (secondary N) is 1. The van der Waals surface area contributed by atoms with E-state index in [1.54, 1.807) is 0 Å². The highest BCUT2D eigenvalue weighted by Gasteiger charge is 2.39. The van der Waals surface area contributed by atoms with Crippen LogP contribution in [0.25, 0.3) is 0 Å². The van der Waals surface area contributed by atoms with Gasteiger partial charge in [0.25, 0.3) is 0 Å². The second-order valence-electron chi connectivity index (χ2n) is 5.51. The Labute approximate surface area is 105 Å². The van der Waals surface area contributed by atoms with Crippen molar-refractivity contribution in [3.05, 3.63) is 0 Å². The van der Waals surface area contributed by atoms with Crippen LogP contribution in [-0.2, 0) is 4.79 Å². The van der Waals surface area contributed by atoms with Gasteiger partial charge in [0.1, 0.15) is 0 Å². The molecule has 0 aromatic heterocycles. The molecule has 1 N–H and O–H groups in total. The maximum absolute atomic E-state index is 12.3. The summed E-state index contributed by atoms with van der Waals surface area (Å²) in [5, 5.41) is 3.41. The lowest BCUT2D eigenvalue weighted by Gasteiger charge is -2.28. The first-order valence-electron chi connectivity index (χ1n) is 6.61. The first kappa shape index (κ1) is 14.5. The van der Waals surface area contributed by atoms with Crippen LogP contribution in [0.1, 0.15) is 34.1 Å².